The highest BCUT2D eigenvalue weighted by Gasteiger charge is 2.07. The standard InChI is InChI=1S/C13H20N4O/c1-10(2)9-18-8-4-7-17-12-11(16-13(17)14)5-3-6-15-12/h3,5-6,10H,4,7-9H2,1-2H3,(H2,14,16). The number of rotatable bonds is 6. The monoisotopic (exact) mass is 248 g/mol. The molecule has 0 amide bonds. The van der Waals surface area contributed by atoms with Crippen LogP contribution in [0.1, 0.15) is 20.3 Å². The van der Waals surface area contributed by atoms with Crippen molar-refractivity contribution in [3.05, 3.63) is 18.3 Å². The summed E-state index contributed by atoms with van der Waals surface area (Å²) in [6, 6.07) is 3.79. The lowest BCUT2D eigenvalue weighted by Crippen LogP contribution is -2.08. The summed E-state index contributed by atoms with van der Waals surface area (Å²) < 4.78 is 7.49. The van der Waals surface area contributed by atoms with Gasteiger partial charge in [0.1, 0.15) is 5.52 Å². The number of nitrogens with two attached hydrogens (primary N) is 1. The third-order valence-electron chi connectivity index (χ3n) is 2.65. The fourth-order valence-corrected chi connectivity index (χ4v) is 1.84. The summed E-state index contributed by atoms with van der Waals surface area (Å²) in [6.07, 6.45) is 2.67. The van der Waals surface area contributed by atoms with Crippen molar-refractivity contribution in [3.63, 3.8) is 0 Å². The van der Waals surface area contributed by atoms with Crippen molar-refractivity contribution in [2.24, 2.45) is 5.92 Å². The SMILES string of the molecule is CC(C)COCCCn1c(N)nc2cccnc21. The van der Waals surface area contributed by atoms with Gasteiger partial charge in [0.2, 0.25) is 5.95 Å². The van der Waals surface area contributed by atoms with E-state index in [1.807, 2.05) is 16.7 Å². The summed E-state index contributed by atoms with van der Waals surface area (Å²) in [5, 5.41) is 0. The summed E-state index contributed by atoms with van der Waals surface area (Å²) >= 11 is 0. The van der Waals surface area contributed by atoms with Crippen LogP contribution in [0.5, 0.6) is 0 Å². The van der Waals surface area contributed by atoms with Crippen LogP contribution < -0.4 is 5.73 Å². The molecule has 2 rings (SSSR count). The smallest absolute Gasteiger partial charge is 0.202 e. The average Bonchev–Trinajstić information content (AvgIpc) is 2.65. The minimum Gasteiger partial charge on any atom is -0.381 e. The Bertz CT molecular complexity index is 507. The van der Waals surface area contributed by atoms with E-state index in [-0.39, 0.29) is 0 Å². The number of fused-ring (bicyclic) bond motifs is 1. The van der Waals surface area contributed by atoms with E-state index in [0.717, 1.165) is 37.3 Å². The second kappa shape index (κ2) is 5.82. The molecule has 5 heteroatoms. The highest BCUT2D eigenvalue weighted by Crippen LogP contribution is 2.15. The van der Waals surface area contributed by atoms with Gasteiger partial charge in [0.15, 0.2) is 5.65 Å². The van der Waals surface area contributed by atoms with Gasteiger partial charge < -0.3 is 10.5 Å². The van der Waals surface area contributed by atoms with Crippen molar-refractivity contribution in [3.8, 4) is 0 Å². The Morgan fingerprint density at radius 2 is 2.28 bits per heavy atom. The van der Waals surface area contributed by atoms with Crippen LogP contribution in [0.4, 0.5) is 5.95 Å². The predicted octanol–water partition coefficient (Wildman–Crippen LogP) is 2.08. The highest BCUT2D eigenvalue weighted by molar-refractivity contribution is 5.73. The van der Waals surface area contributed by atoms with Crippen molar-refractivity contribution in [1.82, 2.24) is 14.5 Å². The van der Waals surface area contributed by atoms with Gasteiger partial charge in [-0.25, -0.2) is 9.97 Å². The number of ether oxygens (including phenoxy) is 1. The number of hydrogen-bond acceptors (Lipinski definition) is 4. The lowest BCUT2D eigenvalue weighted by molar-refractivity contribution is 0.105. The number of anilines is 1. The predicted molar refractivity (Wildman–Crippen MR) is 72.2 cm³/mol. The molecule has 2 N–H and O–H groups in total. The molecule has 2 aromatic rings. The molecular weight excluding hydrogens is 228 g/mol. The van der Waals surface area contributed by atoms with Gasteiger partial charge in [-0.15, -0.1) is 0 Å². The Kier molecular flexibility index (Phi) is 4.15. The highest BCUT2D eigenvalue weighted by atomic mass is 16.5. The first-order valence-electron chi connectivity index (χ1n) is 6.33. The third-order valence-corrected chi connectivity index (χ3v) is 2.65. The van der Waals surface area contributed by atoms with Crippen molar-refractivity contribution in [2.75, 3.05) is 18.9 Å². The van der Waals surface area contributed by atoms with Gasteiger partial charge in [0, 0.05) is 26.0 Å². The molecule has 2 heterocycles. The molecule has 0 aliphatic heterocycles. The maximum Gasteiger partial charge on any atom is 0.202 e. The Morgan fingerprint density at radius 3 is 3.06 bits per heavy atom. The second-order valence-electron chi connectivity index (χ2n) is 4.79. The van der Waals surface area contributed by atoms with Gasteiger partial charge in [0.05, 0.1) is 0 Å². The van der Waals surface area contributed by atoms with Crippen molar-refractivity contribution in [2.45, 2.75) is 26.8 Å². The third kappa shape index (κ3) is 2.98. The summed E-state index contributed by atoms with van der Waals surface area (Å²) in [7, 11) is 0. The number of hydrogen-bond donors (Lipinski definition) is 1. The molecule has 0 aliphatic carbocycles. The molecule has 0 atom stereocenters. The lowest BCUT2D eigenvalue weighted by Gasteiger charge is -2.08. The van der Waals surface area contributed by atoms with Gasteiger partial charge in [-0.3, -0.25) is 4.57 Å². The second-order valence-corrected chi connectivity index (χ2v) is 4.79. The van der Waals surface area contributed by atoms with E-state index in [9.17, 15) is 0 Å². The zero-order valence-electron chi connectivity index (χ0n) is 11.0. The van der Waals surface area contributed by atoms with E-state index >= 15 is 0 Å². The van der Waals surface area contributed by atoms with E-state index in [1.165, 1.54) is 0 Å². The van der Waals surface area contributed by atoms with Gasteiger partial charge in [0.25, 0.3) is 0 Å². The Morgan fingerprint density at radius 1 is 1.44 bits per heavy atom. The summed E-state index contributed by atoms with van der Waals surface area (Å²) in [6.45, 7) is 6.62. The zero-order chi connectivity index (χ0) is 13.0. The van der Waals surface area contributed by atoms with E-state index in [1.54, 1.807) is 6.20 Å². The molecule has 5 nitrogen and oxygen atoms in total. The zero-order valence-corrected chi connectivity index (χ0v) is 11.0. The molecule has 0 saturated heterocycles. The van der Waals surface area contributed by atoms with Crippen LogP contribution in [-0.4, -0.2) is 27.7 Å². The van der Waals surface area contributed by atoms with Crippen molar-refractivity contribution >= 4 is 17.1 Å². The molecule has 18 heavy (non-hydrogen) atoms. The fourth-order valence-electron chi connectivity index (χ4n) is 1.84. The molecule has 0 aromatic carbocycles. The van der Waals surface area contributed by atoms with Crippen molar-refractivity contribution < 1.29 is 4.74 Å². The first kappa shape index (κ1) is 12.8. The molecule has 98 valence electrons. The van der Waals surface area contributed by atoms with Crippen LogP contribution in [0.3, 0.4) is 0 Å². The molecule has 2 aromatic heterocycles. The van der Waals surface area contributed by atoms with Gasteiger partial charge in [-0.1, -0.05) is 13.8 Å². The first-order chi connectivity index (χ1) is 8.68. The number of pyridine rings is 1. The van der Waals surface area contributed by atoms with E-state index in [4.69, 9.17) is 10.5 Å². The average molecular weight is 248 g/mol. The topological polar surface area (TPSA) is 66.0 Å². The maximum absolute atomic E-state index is 5.89. The van der Waals surface area contributed by atoms with Crippen LogP contribution in [0, 0.1) is 5.92 Å². The molecule has 0 radical (unpaired) electrons. The molecule has 0 bridgehead atoms. The van der Waals surface area contributed by atoms with E-state index in [2.05, 4.69) is 23.8 Å². The lowest BCUT2D eigenvalue weighted by atomic mass is 10.2. The Hall–Kier alpha value is -1.62. The fraction of sp³-hybridized carbons (Fsp3) is 0.538. The van der Waals surface area contributed by atoms with Crippen LogP contribution in [0.15, 0.2) is 18.3 Å². The number of imidazole rings is 1. The van der Waals surface area contributed by atoms with E-state index < -0.39 is 0 Å². The molecule has 0 saturated carbocycles. The largest absolute Gasteiger partial charge is 0.381 e. The minimum absolute atomic E-state index is 0.521. The van der Waals surface area contributed by atoms with Crippen LogP contribution in [0.25, 0.3) is 11.2 Å². The van der Waals surface area contributed by atoms with Gasteiger partial charge in [-0.05, 0) is 24.5 Å². The molecule has 0 aliphatic rings. The summed E-state index contributed by atoms with van der Waals surface area (Å²) in [5.41, 5.74) is 7.58. The Balaban J connectivity index is 1.93. The molecule has 0 spiro atoms. The van der Waals surface area contributed by atoms with Gasteiger partial charge >= 0.3 is 0 Å². The van der Waals surface area contributed by atoms with Crippen LogP contribution in [0.2, 0.25) is 0 Å². The number of nitrogen functional groups attached to an aromatic ring is 1. The van der Waals surface area contributed by atoms with E-state index in [0.29, 0.717) is 11.9 Å². The number of aryl methyl sites for hydroxylation is 1. The van der Waals surface area contributed by atoms with Crippen LogP contribution >= 0.6 is 0 Å². The first-order valence-corrected chi connectivity index (χ1v) is 6.33. The van der Waals surface area contributed by atoms with Gasteiger partial charge in [-0.2, -0.15) is 0 Å². The molecule has 0 unspecified atom stereocenters. The normalized spacial score (nSPS) is 11.5. The molecule has 0 fully saturated rings. The quantitative estimate of drug-likeness (QED) is 0.795. The molecular formula is C13H20N4O. The summed E-state index contributed by atoms with van der Waals surface area (Å²) in [5.74, 6) is 1.10. The Labute approximate surface area is 107 Å². The van der Waals surface area contributed by atoms with Crippen molar-refractivity contribution in [1.29, 1.82) is 0 Å². The summed E-state index contributed by atoms with van der Waals surface area (Å²) in [4.78, 5) is 8.59. The van der Waals surface area contributed by atoms with Crippen LogP contribution in [-0.2, 0) is 11.3 Å². The minimum atomic E-state index is 0.521. The number of aromatic nitrogens is 3. The number of nitrogens with zero attached hydrogens (tertiary/aromatic N) is 3. The maximum atomic E-state index is 5.89.